The number of carbonyl (C=O) groups is 1. The molecule has 1 aromatic rings. The lowest BCUT2D eigenvalue weighted by molar-refractivity contribution is -0.144. The first kappa shape index (κ1) is 15.1. The summed E-state index contributed by atoms with van der Waals surface area (Å²) < 4.78 is 18.4. The van der Waals surface area contributed by atoms with Crippen LogP contribution in [0.4, 0.5) is 4.39 Å². The summed E-state index contributed by atoms with van der Waals surface area (Å²) in [5, 5.41) is 11.6. The van der Waals surface area contributed by atoms with Crippen molar-refractivity contribution in [3.05, 3.63) is 35.1 Å². The second kappa shape index (κ2) is 6.86. The number of nitrogens with zero attached hydrogens (tertiary/aromatic N) is 1. The molecule has 0 bridgehead atoms. The molecule has 0 aliphatic heterocycles. The molecule has 0 saturated carbocycles. The van der Waals surface area contributed by atoms with Crippen LogP contribution < -0.4 is 5.32 Å². The fourth-order valence-electron chi connectivity index (χ4n) is 1.70. The van der Waals surface area contributed by atoms with Gasteiger partial charge in [-0.25, -0.2) is 4.39 Å². The first-order valence-corrected chi connectivity index (χ1v) is 5.99. The second-order valence-corrected chi connectivity index (χ2v) is 4.54. The summed E-state index contributed by atoms with van der Waals surface area (Å²) in [6.07, 6.45) is 0. The van der Waals surface area contributed by atoms with Gasteiger partial charge in [-0.2, -0.15) is 5.26 Å². The average Bonchev–Trinajstić information content (AvgIpc) is 2.39. The van der Waals surface area contributed by atoms with E-state index < -0.39 is 11.9 Å². The molecule has 0 aliphatic carbocycles. The molecule has 0 amide bonds. The molecule has 102 valence electrons. The van der Waals surface area contributed by atoms with E-state index in [0.29, 0.717) is 5.56 Å². The van der Waals surface area contributed by atoms with Crippen molar-refractivity contribution in [2.45, 2.75) is 26.4 Å². The van der Waals surface area contributed by atoms with E-state index in [-0.39, 0.29) is 24.0 Å². The number of carbonyl (C=O) groups excluding carboxylic acids is 1. The smallest absolute Gasteiger partial charge is 0.323 e. The molecule has 0 radical (unpaired) electrons. The van der Waals surface area contributed by atoms with Crippen molar-refractivity contribution < 1.29 is 13.9 Å². The van der Waals surface area contributed by atoms with E-state index in [0.717, 1.165) is 0 Å². The molecule has 0 aliphatic rings. The van der Waals surface area contributed by atoms with Crippen LogP contribution >= 0.6 is 0 Å². The van der Waals surface area contributed by atoms with Crippen molar-refractivity contribution in [2.75, 3.05) is 7.11 Å². The molecule has 1 N–H and O–H groups in total. The number of esters is 1. The third-order valence-electron chi connectivity index (χ3n) is 2.82. The van der Waals surface area contributed by atoms with Gasteiger partial charge in [-0.15, -0.1) is 0 Å². The van der Waals surface area contributed by atoms with E-state index >= 15 is 0 Å². The highest BCUT2D eigenvalue weighted by atomic mass is 19.1. The number of rotatable bonds is 5. The van der Waals surface area contributed by atoms with Crippen LogP contribution in [-0.2, 0) is 16.1 Å². The molecule has 1 rings (SSSR count). The van der Waals surface area contributed by atoms with E-state index in [1.54, 1.807) is 6.07 Å². The van der Waals surface area contributed by atoms with Crippen molar-refractivity contribution in [1.82, 2.24) is 5.32 Å². The van der Waals surface area contributed by atoms with E-state index in [9.17, 15) is 9.18 Å². The summed E-state index contributed by atoms with van der Waals surface area (Å²) in [6.45, 7) is 3.96. The Morgan fingerprint density at radius 1 is 1.53 bits per heavy atom. The third kappa shape index (κ3) is 4.04. The summed E-state index contributed by atoms with van der Waals surface area (Å²) >= 11 is 0. The zero-order valence-corrected chi connectivity index (χ0v) is 11.2. The Morgan fingerprint density at radius 2 is 2.21 bits per heavy atom. The zero-order valence-electron chi connectivity index (χ0n) is 11.2. The topological polar surface area (TPSA) is 62.1 Å². The Kier molecular flexibility index (Phi) is 5.46. The van der Waals surface area contributed by atoms with Gasteiger partial charge in [-0.1, -0.05) is 19.9 Å². The molecule has 0 saturated heterocycles. The van der Waals surface area contributed by atoms with E-state index in [4.69, 9.17) is 10.00 Å². The maximum atomic E-state index is 13.7. The Morgan fingerprint density at radius 3 is 2.68 bits per heavy atom. The summed E-state index contributed by atoms with van der Waals surface area (Å²) in [6, 6.07) is 5.65. The summed E-state index contributed by atoms with van der Waals surface area (Å²) in [5.74, 6) is -0.795. The molecule has 4 nitrogen and oxygen atoms in total. The second-order valence-electron chi connectivity index (χ2n) is 4.54. The lowest BCUT2D eigenvalue weighted by Gasteiger charge is -2.20. The number of hydrogen-bond acceptors (Lipinski definition) is 4. The zero-order chi connectivity index (χ0) is 14.4. The molecule has 0 spiro atoms. The molecular weight excluding hydrogens is 247 g/mol. The van der Waals surface area contributed by atoms with Gasteiger partial charge in [0.05, 0.1) is 18.7 Å². The molecular formula is C14H17FN2O2. The average molecular weight is 264 g/mol. The fraction of sp³-hybridized carbons (Fsp3) is 0.429. The Bertz CT molecular complexity index is 495. The quantitative estimate of drug-likeness (QED) is 0.826. The predicted molar refractivity (Wildman–Crippen MR) is 68.6 cm³/mol. The molecule has 1 aromatic carbocycles. The van der Waals surface area contributed by atoms with Crippen LogP contribution in [0.3, 0.4) is 0 Å². The lowest BCUT2D eigenvalue weighted by Crippen LogP contribution is -2.41. The number of hydrogen-bond donors (Lipinski definition) is 1. The van der Waals surface area contributed by atoms with Crippen LogP contribution in [0, 0.1) is 23.1 Å². The Balaban J connectivity index is 2.75. The van der Waals surface area contributed by atoms with Gasteiger partial charge in [-0.05, 0) is 18.1 Å². The minimum atomic E-state index is -0.486. The summed E-state index contributed by atoms with van der Waals surface area (Å²) in [7, 11) is 1.32. The fourth-order valence-corrected chi connectivity index (χ4v) is 1.70. The molecule has 1 atom stereocenters. The Hall–Kier alpha value is -1.93. The van der Waals surface area contributed by atoms with Crippen LogP contribution in [0.15, 0.2) is 18.2 Å². The molecule has 0 fully saturated rings. The summed E-state index contributed by atoms with van der Waals surface area (Å²) in [4.78, 5) is 11.5. The molecule has 19 heavy (non-hydrogen) atoms. The third-order valence-corrected chi connectivity index (χ3v) is 2.82. The van der Waals surface area contributed by atoms with Crippen molar-refractivity contribution >= 4 is 5.97 Å². The number of nitriles is 1. The minimum Gasteiger partial charge on any atom is -0.468 e. The SMILES string of the molecule is COC(=O)C(NCc1ccc(C#N)cc1F)C(C)C. The minimum absolute atomic E-state index is 0.0360. The summed E-state index contributed by atoms with van der Waals surface area (Å²) in [5.41, 5.74) is 0.684. The van der Waals surface area contributed by atoms with E-state index in [1.165, 1.54) is 19.2 Å². The first-order valence-electron chi connectivity index (χ1n) is 5.99. The highest BCUT2D eigenvalue weighted by Crippen LogP contribution is 2.11. The van der Waals surface area contributed by atoms with Crippen molar-refractivity contribution in [3.63, 3.8) is 0 Å². The maximum Gasteiger partial charge on any atom is 0.323 e. The van der Waals surface area contributed by atoms with Gasteiger partial charge in [0.2, 0.25) is 0 Å². The highest BCUT2D eigenvalue weighted by Gasteiger charge is 2.22. The molecule has 0 heterocycles. The standard InChI is InChI=1S/C14H17FN2O2/c1-9(2)13(14(18)19-3)17-8-11-5-4-10(7-16)6-12(11)15/h4-6,9,13,17H,8H2,1-3H3. The number of nitrogens with one attached hydrogen (secondary N) is 1. The first-order chi connectivity index (χ1) is 8.99. The maximum absolute atomic E-state index is 13.7. The molecule has 1 unspecified atom stereocenters. The lowest BCUT2D eigenvalue weighted by atomic mass is 10.0. The predicted octanol–water partition coefficient (Wildman–Crippen LogP) is 1.98. The van der Waals surface area contributed by atoms with Crippen molar-refractivity contribution in [2.24, 2.45) is 5.92 Å². The van der Waals surface area contributed by atoms with Crippen LogP contribution in [0.25, 0.3) is 0 Å². The Labute approximate surface area is 112 Å². The number of benzene rings is 1. The van der Waals surface area contributed by atoms with Gasteiger partial charge in [0.15, 0.2) is 0 Å². The van der Waals surface area contributed by atoms with Gasteiger partial charge in [0.25, 0.3) is 0 Å². The molecule has 5 heteroatoms. The highest BCUT2D eigenvalue weighted by molar-refractivity contribution is 5.75. The van der Waals surface area contributed by atoms with Crippen LogP contribution in [-0.4, -0.2) is 19.1 Å². The van der Waals surface area contributed by atoms with Crippen molar-refractivity contribution in [3.8, 4) is 6.07 Å². The van der Waals surface area contributed by atoms with Crippen LogP contribution in [0.1, 0.15) is 25.0 Å². The number of ether oxygens (including phenoxy) is 1. The van der Waals surface area contributed by atoms with Gasteiger partial charge in [-0.3, -0.25) is 10.1 Å². The largest absolute Gasteiger partial charge is 0.468 e. The van der Waals surface area contributed by atoms with E-state index in [1.807, 2.05) is 19.9 Å². The number of methoxy groups -OCH3 is 1. The van der Waals surface area contributed by atoms with E-state index in [2.05, 4.69) is 5.32 Å². The monoisotopic (exact) mass is 264 g/mol. The van der Waals surface area contributed by atoms with Gasteiger partial charge in [0.1, 0.15) is 11.9 Å². The van der Waals surface area contributed by atoms with Crippen LogP contribution in [0.2, 0.25) is 0 Å². The molecule has 0 aromatic heterocycles. The van der Waals surface area contributed by atoms with Gasteiger partial charge in [0, 0.05) is 12.1 Å². The normalized spacial score (nSPS) is 12.0. The number of halogens is 1. The van der Waals surface area contributed by atoms with Crippen LogP contribution in [0.5, 0.6) is 0 Å². The van der Waals surface area contributed by atoms with Gasteiger partial charge >= 0.3 is 5.97 Å². The van der Waals surface area contributed by atoms with Crippen molar-refractivity contribution in [1.29, 1.82) is 5.26 Å². The van der Waals surface area contributed by atoms with Gasteiger partial charge < -0.3 is 4.74 Å².